The molecular formula is C16H27. The van der Waals surface area contributed by atoms with Gasteiger partial charge in [-0.15, -0.1) is 0 Å². The van der Waals surface area contributed by atoms with Gasteiger partial charge in [-0.3, -0.25) is 0 Å². The molecule has 0 amide bonds. The first-order chi connectivity index (χ1) is 7.56. The molecule has 0 nitrogen and oxygen atoms in total. The zero-order valence-electron chi connectivity index (χ0n) is 11.1. The lowest BCUT2D eigenvalue weighted by Crippen LogP contribution is -2.36. The summed E-state index contributed by atoms with van der Waals surface area (Å²) in [6.07, 6.45) is 11.8. The fourth-order valence-electron chi connectivity index (χ4n) is 5.31. The second-order valence-corrected chi connectivity index (χ2v) is 7.35. The maximum absolute atomic E-state index is 4.74. The second-order valence-electron chi connectivity index (χ2n) is 7.35. The summed E-state index contributed by atoms with van der Waals surface area (Å²) in [6.45, 7) is 9.74. The Bertz CT molecular complexity index is 272. The maximum atomic E-state index is 4.74. The molecule has 3 saturated carbocycles. The van der Waals surface area contributed by atoms with E-state index in [1.165, 1.54) is 51.4 Å². The average Bonchev–Trinajstić information content (AvgIpc) is 2.62. The van der Waals surface area contributed by atoms with Crippen molar-refractivity contribution in [3.63, 3.8) is 0 Å². The molecule has 0 aromatic heterocycles. The van der Waals surface area contributed by atoms with Crippen LogP contribution in [0.5, 0.6) is 0 Å². The van der Waals surface area contributed by atoms with Crippen LogP contribution in [0.1, 0.15) is 65.2 Å². The number of rotatable bonds is 1. The molecule has 3 rings (SSSR count). The van der Waals surface area contributed by atoms with Crippen LogP contribution in [0.25, 0.3) is 0 Å². The smallest absolute Gasteiger partial charge is 0.0212 e. The van der Waals surface area contributed by atoms with Gasteiger partial charge in [0.2, 0.25) is 0 Å². The Morgan fingerprint density at radius 3 is 2.19 bits per heavy atom. The minimum Gasteiger partial charge on any atom is -0.0591 e. The standard InChI is InChI=1S/C16H27/c1-15(2)13-9-10-16(15,3)14(11-13)12-7-5-4-6-8-12/h12-14H,3-11H2,1-2H3. The molecule has 2 bridgehead atoms. The molecule has 91 valence electrons. The van der Waals surface area contributed by atoms with E-state index in [1.54, 1.807) is 0 Å². The summed E-state index contributed by atoms with van der Waals surface area (Å²) in [7, 11) is 0. The van der Waals surface area contributed by atoms with E-state index in [9.17, 15) is 0 Å². The highest BCUT2D eigenvalue weighted by molar-refractivity contribution is 5.14. The van der Waals surface area contributed by atoms with Crippen LogP contribution in [-0.2, 0) is 0 Å². The van der Waals surface area contributed by atoms with Crippen LogP contribution in [0, 0.1) is 35.5 Å². The van der Waals surface area contributed by atoms with E-state index in [-0.39, 0.29) is 0 Å². The van der Waals surface area contributed by atoms with Crippen molar-refractivity contribution in [3.05, 3.63) is 6.92 Å². The monoisotopic (exact) mass is 219 g/mol. The SMILES string of the molecule is [CH2]C12CCC(CC1C1CCCCC1)C2(C)C. The third-order valence-electron chi connectivity index (χ3n) is 6.71. The van der Waals surface area contributed by atoms with Crippen LogP contribution in [0.15, 0.2) is 0 Å². The normalized spacial score (nSPS) is 47.4. The molecule has 0 saturated heterocycles. The van der Waals surface area contributed by atoms with Crippen LogP contribution >= 0.6 is 0 Å². The molecule has 0 N–H and O–H groups in total. The Labute approximate surface area is 101 Å². The maximum Gasteiger partial charge on any atom is -0.0212 e. The van der Waals surface area contributed by atoms with Gasteiger partial charge in [0.05, 0.1) is 0 Å². The lowest BCUT2D eigenvalue weighted by Gasteiger charge is -2.43. The van der Waals surface area contributed by atoms with Crippen molar-refractivity contribution >= 4 is 0 Å². The van der Waals surface area contributed by atoms with Crippen LogP contribution in [0.3, 0.4) is 0 Å². The van der Waals surface area contributed by atoms with E-state index in [0.29, 0.717) is 10.8 Å². The Kier molecular flexibility index (Phi) is 2.43. The molecule has 0 aromatic carbocycles. The van der Waals surface area contributed by atoms with Gasteiger partial charge in [0, 0.05) is 0 Å². The number of hydrogen-bond donors (Lipinski definition) is 0. The first-order valence-electron chi connectivity index (χ1n) is 7.41. The third kappa shape index (κ3) is 1.28. The van der Waals surface area contributed by atoms with Gasteiger partial charge < -0.3 is 0 Å². The molecule has 0 heteroatoms. The molecule has 3 aliphatic carbocycles. The molecule has 3 aliphatic rings. The minimum atomic E-state index is 0.430. The van der Waals surface area contributed by atoms with Crippen molar-refractivity contribution in [2.24, 2.45) is 28.6 Å². The van der Waals surface area contributed by atoms with Gasteiger partial charge >= 0.3 is 0 Å². The molecule has 16 heavy (non-hydrogen) atoms. The Balaban J connectivity index is 1.83. The van der Waals surface area contributed by atoms with Crippen molar-refractivity contribution in [1.82, 2.24) is 0 Å². The number of hydrogen-bond acceptors (Lipinski definition) is 0. The fourth-order valence-corrected chi connectivity index (χ4v) is 5.31. The molecule has 3 atom stereocenters. The minimum absolute atomic E-state index is 0.430. The third-order valence-corrected chi connectivity index (χ3v) is 6.71. The largest absolute Gasteiger partial charge is 0.0591 e. The molecule has 0 aromatic rings. The summed E-state index contributed by atoms with van der Waals surface area (Å²) < 4.78 is 0. The Morgan fingerprint density at radius 1 is 1.00 bits per heavy atom. The van der Waals surface area contributed by atoms with E-state index in [0.717, 1.165) is 17.8 Å². The van der Waals surface area contributed by atoms with E-state index >= 15 is 0 Å². The molecular weight excluding hydrogens is 192 g/mol. The van der Waals surface area contributed by atoms with Crippen LogP contribution in [0.4, 0.5) is 0 Å². The molecule has 3 fully saturated rings. The van der Waals surface area contributed by atoms with Gasteiger partial charge in [0.15, 0.2) is 0 Å². The molecule has 3 unspecified atom stereocenters. The van der Waals surface area contributed by atoms with E-state index < -0.39 is 0 Å². The predicted octanol–water partition coefficient (Wildman–Crippen LogP) is 4.84. The Hall–Kier alpha value is 0. The summed E-state index contributed by atoms with van der Waals surface area (Å²) in [6, 6.07) is 0. The number of fused-ring (bicyclic) bond motifs is 2. The van der Waals surface area contributed by atoms with Gasteiger partial charge in [-0.2, -0.15) is 0 Å². The molecule has 0 spiro atoms. The predicted molar refractivity (Wildman–Crippen MR) is 69.0 cm³/mol. The van der Waals surface area contributed by atoms with Gasteiger partial charge in [0.1, 0.15) is 0 Å². The first kappa shape index (κ1) is 11.1. The molecule has 0 heterocycles. The van der Waals surface area contributed by atoms with E-state index in [1.807, 2.05) is 0 Å². The quantitative estimate of drug-likeness (QED) is 0.592. The van der Waals surface area contributed by atoms with Gasteiger partial charge in [-0.1, -0.05) is 46.0 Å². The van der Waals surface area contributed by atoms with Crippen molar-refractivity contribution in [3.8, 4) is 0 Å². The highest BCUT2D eigenvalue weighted by atomic mass is 14.7. The van der Waals surface area contributed by atoms with Gasteiger partial charge in [0.25, 0.3) is 0 Å². The Morgan fingerprint density at radius 2 is 1.69 bits per heavy atom. The van der Waals surface area contributed by atoms with Gasteiger partial charge in [-0.25, -0.2) is 0 Å². The highest BCUT2D eigenvalue weighted by Gasteiger charge is 2.62. The average molecular weight is 219 g/mol. The summed E-state index contributed by atoms with van der Waals surface area (Å²) in [4.78, 5) is 0. The van der Waals surface area contributed by atoms with Crippen molar-refractivity contribution in [2.75, 3.05) is 0 Å². The van der Waals surface area contributed by atoms with E-state index in [2.05, 4.69) is 13.8 Å². The first-order valence-corrected chi connectivity index (χ1v) is 7.41. The zero-order chi connectivity index (χ0) is 11.4. The topological polar surface area (TPSA) is 0 Å². The van der Waals surface area contributed by atoms with Crippen LogP contribution in [-0.4, -0.2) is 0 Å². The summed E-state index contributed by atoms with van der Waals surface area (Å²) in [5.41, 5.74) is 0.953. The van der Waals surface area contributed by atoms with E-state index in [4.69, 9.17) is 6.92 Å². The summed E-state index contributed by atoms with van der Waals surface area (Å²) >= 11 is 0. The summed E-state index contributed by atoms with van der Waals surface area (Å²) in [5, 5.41) is 0. The van der Waals surface area contributed by atoms with Gasteiger partial charge in [-0.05, 0) is 54.8 Å². The second kappa shape index (κ2) is 3.50. The summed E-state index contributed by atoms with van der Waals surface area (Å²) in [5.74, 6) is 2.97. The zero-order valence-corrected chi connectivity index (χ0v) is 11.1. The lowest BCUT2D eigenvalue weighted by atomic mass is 9.61. The molecule has 1 radical (unpaired) electrons. The molecule has 0 aliphatic heterocycles. The lowest BCUT2D eigenvalue weighted by molar-refractivity contribution is 0.0791. The fraction of sp³-hybridized carbons (Fsp3) is 0.938. The van der Waals surface area contributed by atoms with Crippen molar-refractivity contribution in [2.45, 2.75) is 65.2 Å². The van der Waals surface area contributed by atoms with Crippen molar-refractivity contribution in [1.29, 1.82) is 0 Å². The van der Waals surface area contributed by atoms with Crippen LogP contribution in [0.2, 0.25) is 0 Å². The highest BCUT2D eigenvalue weighted by Crippen LogP contribution is 2.70. The van der Waals surface area contributed by atoms with Crippen molar-refractivity contribution < 1.29 is 0 Å². The van der Waals surface area contributed by atoms with Crippen LogP contribution < -0.4 is 0 Å².